The molecule has 0 unspecified atom stereocenters. The molecule has 2 nitrogen and oxygen atoms in total. The first-order valence-electron chi connectivity index (χ1n) is 8.84. The van der Waals surface area contributed by atoms with Gasteiger partial charge in [0.15, 0.2) is 0 Å². The van der Waals surface area contributed by atoms with Crippen molar-refractivity contribution in [2.75, 3.05) is 12.3 Å². The molecule has 3 rings (SSSR count). The zero-order valence-corrected chi connectivity index (χ0v) is 15.5. The molecule has 0 aliphatic rings. The van der Waals surface area contributed by atoms with E-state index in [0.717, 1.165) is 22.6 Å². The fraction of sp³-hybridized carbons (Fsp3) is 0.174. The van der Waals surface area contributed by atoms with E-state index in [9.17, 15) is 4.79 Å². The molecule has 0 aromatic heterocycles. The zero-order chi connectivity index (χ0) is 18.0. The number of rotatable bonds is 8. The number of hydrogen-bond donors (Lipinski definition) is 1. The van der Waals surface area contributed by atoms with Gasteiger partial charge in [0, 0.05) is 18.1 Å². The Balaban J connectivity index is 1.56. The second kappa shape index (κ2) is 9.83. The van der Waals surface area contributed by atoms with Gasteiger partial charge in [-0.15, -0.1) is 0 Å². The molecule has 0 saturated heterocycles. The summed E-state index contributed by atoms with van der Waals surface area (Å²) in [4.78, 5) is 12.9. The highest BCUT2D eigenvalue weighted by molar-refractivity contribution is 7.98. The molecule has 1 amide bonds. The first kappa shape index (κ1) is 18.3. The lowest BCUT2D eigenvalue weighted by Gasteiger charge is -2.18. The highest BCUT2D eigenvalue weighted by Gasteiger charge is 2.21. The van der Waals surface area contributed by atoms with Crippen LogP contribution in [0.2, 0.25) is 0 Å². The van der Waals surface area contributed by atoms with Crippen molar-refractivity contribution in [3.63, 3.8) is 0 Å². The summed E-state index contributed by atoms with van der Waals surface area (Å²) in [5.41, 5.74) is 3.36. The highest BCUT2D eigenvalue weighted by Crippen LogP contribution is 2.24. The third-order valence-electron chi connectivity index (χ3n) is 4.19. The van der Waals surface area contributed by atoms with E-state index >= 15 is 0 Å². The van der Waals surface area contributed by atoms with Crippen molar-refractivity contribution in [1.82, 2.24) is 5.32 Å². The number of carbonyl (C=O) groups is 1. The van der Waals surface area contributed by atoms with E-state index in [1.807, 2.05) is 78.5 Å². The highest BCUT2D eigenvalue weighted by atomic mass is 32.2. The number of hydrogen-bond acceptors (Lipinski definition) is 2. The standard InChI is InChI=1S/C23H23NOS/c25-23(24-16-17-26-18-19-10-4-1-5-11-19)22(20-12-6-2-7-13-20)21-14-8-3-9-15-21/h1-15,22H,16-18H2,(H,24,25). The molecular weight excluding hydrogens is 338 g/mol. The lowest BCUT2D eigenvalue weighted by Crippen LogP contribution is -2.31. The van der Waals surface area contributed by atoms with Gasteiger partial charge < -0.3 is 5.32 Å². The van der Waals surface area contributed by atoms with E-state index in [4.69, 9.17) is 0 Å². The van der Waals surface area contributed by atoms with Gasteiger partial charge in [0.1, 0.15) is 0 Å². The molecule has 0 aliphatic heterocycles. The maximum Gasteiger partial charge on any atom is 0.232 e. The summed E-state index contributed by atoms with van der Waals surface area (Å²) in [5, 5.41) is 3.11. The van der Waals surface area contributed by atoms with Gasteiger partial charge in [0.25, 0.3) is 0 Å². The van der Waals surface area contributed by atoms with Crippen LogP contribution in [0.3, 0.4) is 0 Å². The number of benzene rings is 3. The quantitative estimate of drug-likeness (QED) is 0.580. The number of carbonyl (C=O) groups excluding carboxylic acids is 1. The van der Waals surface area contributed by atoms with Crippen molar-refractivity contribution in [2.24, 2.45) is 0 Å². The van der Waals surface area contributed by atoms with Crippen LogP contribution >= 0.6 is 11.8 Å². The second-order valence-corrected chi connectivity index (χ2v) is 7.19. The van der Waals surface area contributed by atoms with Gasteiger partial charge in [-0.2, -0.15) is 11.8 Å². The van der Waals surface area contributed by atoms with Crippen molar-refractivity contribution < 1.29 is 4.79 Å². The Morgan fingerprint density at radius 2 is 1.27 bits per heavy atom. The summed E-state index contributed by atoms with van der Waals surface area (Å²) in [7, 11) is 0. The van der Waals surface area contributed by atoms with Gasteiger partial charge in [0.05, 0.1) is 5.92 Å². The van der Waals surface area contributed by atoms with E-state index in [2.05, 4.69) is 29.6 Å². The van der Waals surface area contributed by atoms with Crippen LogP contribution in [0.5, 0.6) is 0 Å². The molecule has 132 valence electrons. The largest absolute Gasteiger partial charge is 0.354 e. The van der Waals surface area contributed by atoms with Gasteiger partial charge in [-0.05, 0) is 16.7 Å². The maximum absolute atomic E-state index is 12.9. The molecule has 0 radical (unpaired) electrons. The second-order valence-electron chi connectivity index (χ2n) is 6.08. The van der Waals surface area contributed by atoms with E-state index in [1.54, 1.807) is 0 Å². The Morgan fingerprint density at radius 3 is 1.81 bits per heavy atom. The van der Waals surface area contributed by atoms with Crippen molar-refractivity contribution in [2.45, 2.75) is 11.7 Å². The van der Waals surface area contributed by atoms with Crippen LogP contribution in [-0.2, 0) is 10.5 Å². The first-order chi connectivity index (χ1) is 12.8. The average Bonchev–Trinajstić information content (AvgIpc) is 2.70. The van der Waals surface area contributed by atoms with E-state index in [-0.39, 0.29) is 11.8 Å². The zero-order valence-electron chi connectivity index (χ0n) is 14.7. The topological polar surface area (TPSA) is 29.1 Å². The Bertz CT molecular complexity index is 751. The minimum Gasteiger partial charge on any atom is -0.354 e. The average molecular weight is 362 g/mol. The smallest absolute Gasteiger partial charge is 0.232 e. The molecule has 0 fully saturated rings. The summed E-state index contributed by atoms with van der Waals surface area (Å²) in [6.45, 7) is 0.673. The lowest BCUT2D eigenvalue weighted by molar-refractivity contribution is -0.121. The normalized spacial score (nSPS) is 10.7. The van der Waals surface area contributed by atoms with E-state index in [1.165, 1.54) is 5.56 Å². The van der Waals surface area contributed by atoms with Gasteiger partial charge in [0.2, 0.25) is 5.91 Å². The van der Waals surface area contributed by atoms with E-state index < -0.39 is 0 Å². The Hall–Kier alpha value is -2.52. The third kappa shape index (κ3) is 5.24. The van der Waals surface area contributed by atoms with Crippen LogP contribution < -0.4 is 5.32 Å². The summed E-state index contributed by atoms with van der Waals surface area (Å²) in [6.07, 6.45) is 0. The van der Waals surface area contributed by atoms with Crippen molar-refractivity contribution in [3.05, 3.63) is 108 Å². The summed E-state index contributed by atoms with van der Waals surface area (Å²) in [5.74, 6) is 1.66. The van der Waals surface area contributed by atoms with Gasteiger partial charge in [-0.1, -0.05) is 91.0 Å². The molecule has 0 saturated carbocycles. The summed E-state index contributed by atoms with van der Waals surface area (Å²) >= 11 is 1.84. The van der Waals surface area contributed by atoms with Gasteiger partial charge in [-0.3, -0.25) is 4.79 Å². The molecule has 0 atom stereocenters. The number of nitrogens with one attached hydrogen (secondary N) is 1. The minimum atomic E-state index is -0.267. The SMILES string of the molecule is O=C(NCCSCc1ccccc1)C(c1ccccc1)c1ccccc1. The van der Waals surface area contributed by atoms with Crippen molar-refractivity contribution >= 4 is 17.7 Å². The molecule has 3 aromatic rings. The molecule has 3 aromatic carbocycles. The van der Waals surface area contributed by atoms with Crippen LogP contribution in [0, 0.1) is 0 Å². The monoisotopic (exact) mass is 361 g/mol. The summed E-state index contributed by atoms with van der Waals surface area (Å²) in [6, 6.07) is 30.3. The third-order valence-corrected chi connectivity index (χ3v) is 5.22. The summed E-state index contributed by atoms with van der Waals surface area (Å²) < 4.78 is 0. The van der Waals surface area contributed by atoms with Gasteiger partial charge >= 0.3 is 0 Å². The van der Waals surface area contributed by atoms with Crippen LogP contribution in [0.4, 0.5) is 0 Å². The van der Waals surface area contributed by atoms with Gasteiger partial charge in [-0.25, -0.2) is 0 Å². The molecule has 0 bridgehead atoms. The number of amides is 1. The van der Waals surface area contributed by atoms with E-state index in [0.29, 0.717) is 6.54 Å². The fourth-order valence-electron chi connectivity index (χ4n) is 2.90. The van der Waals surface area contributed by atoms with Crippen LogP contribution in [0.15, 0.2) is 91.0 Å². The first-order valence-corrected chi connectivity index (χ1v) is 9.99. The Kier molecular flexibility index (Phi) is 6.91. The predicted molar refractivity (Wildman–Crippen MR) is 110 cm³/mol. The van der Waals surface area contributed by atoms with Crippen molar-refractivity contribution in [1.29, 1.82) is 0 Å². The molecule has 0 aliphatic carbocycles. The molecular formula is C23H23NOS. The molecule has 0 spiro atoms. The molecule has 0 heterocycles. The Labute approximate surface area is 159 Å². The number of thioether (sulfide) groups is 1. The molecule has 26 heavy (non-hydrogen) atoms. The minimum absolute atomic E-state index is 0.0581. The van der Waals surface area contributed by atoms with Crippen LogP contribution in [-0.4, -0.2) is 18.2 Å². The van der Waals surface area contributed by atoms with Crippen molar-refractivity contribution in [3.8, 4) is 0 Å². The van der Waals surface area contributed by atoms with Crippen LogP contribution in [0.1, 0.15) is 22.6 Å². The maximum atomic E-state index is 12.9. The van der Waals surface area contributed by atoms with Crippen LogP contribution in [0.25, 0.3) is 0 Å². The molecule has 3 heteroatoms. The Morgan fingerprint density at radius 1 is 0.769 bits per heavy atom. The predicted octanol–water partition coefficient (Wildman–Crippen LogP) is 4.87. The molecule has 1 N–H and O–H groups in total. The fourth-order valence-corrected chi connectivity index (χ4v) is 3.72. The lowest BCUT2D eigenvalue weighted by atomic mass is 9.90.